The molecule has 3 rings (SSSR count). The molecule has 0 radical (unpaired) electrons. The topological polar surface area (TPSA) is 46.2 Å². The smallest absolute Gasteiger partial charge is 0.124 e. The Bertz CT molecular complexity index is 471. The largest absolute Gasteiger partial charge is 0.392 e. The Hall–Kier alpha value is -0.640. The molecule has 104 valence electrons. The number of hydrogen-bond acceptors (Lipinski definition) is 2. The fourth-order valence-electron chi connectivity index (χ4n) is 3.62. The molecule has 0 spiro atoms. The summed E-state index contributed by atoms with van der Waals surface area (Å²) in [7, 11) is 0. The molecule has 2 fully saturated rings. The Morgan fingerprint density at radius 3 is 2.58 bits per heavy atom. The number of fused-ring (bicyclic) bond motifs is 1. The van der Waals surface area contributed by atoms with Crippen LogP contribution in [0.25, 0.3) is 0 Å². The maximum absolute atomic E-state index is 13.1. The second-order valence-corrected chi connectivity index (χ2v) is 6.39. The van der Waals surface area contributed by atoms with Gasteiger partial charge in [0.05, 0.1) is 6.10 Å². The van der Waals surface area contributed by atoms with Gasteiger partial charge in [-0.25, -0.2) is 4.39 Å². The lowest BCUT2D eigenvalue weighted by molar-refractivity contribution is 0.0790. The molecule has 0 aliphatic heterocycles. The van der Waals surface area contributed by atoms with Crippen molar-refractivity contribution in [2.75, 3.05) is 6.54 Å². The number of benzene rings is 1. The highest BCUT2D eigenvalue weighted by Crippen LogP contribution is 2.56. The zero-order valence-electron chi connectivity index (χ0n) is 10.7. The molecule has 0 bridgehead atoms. The third-order valence-corrected chi connectivity index (χ3v) is 5.12. The lowest BCUT2D eigenvalue weighted by Gasteiger charge is -2.28. The van der Waals surface area contributed by atoms with Crippen LogP contribution >= 0.6 is 11.6 Å². The first-order valence-electron chi connectivity index (χ1n) is 6.93. The van der Waals surface area contributed by atoms with Crippen molar-refractivity contribution < 1.29 is 9.50 Å². The molecule has 2 saturated carbocycles. The third-order valence-electron chi connectivity index (χ3n) is 4.79. The van der Waals surface area contributed by atoms with Crippen LogP contribution < -0.4 is 5.73 Å². The van der Waals surface area contributed by atoms with E-state index < -0.39 is 6.10 Å². The Kier molecular flexibility index (Phi) is 3.54. The van der Waals surface area contributed by atoms with E-state index in [-0.39, 0.29) is 11.7 Å². The average molecular weight is 284 g/mol. The van der Waals surface area contributed by atoms with Gasteiger partial charge in [0, 0.05) is 17.5 Å². The van der Waals surface area contributed by atoms with Crippen molar-refractivity contribution in [3.63, 3.8) is 0 Å². The summed E-state index contributed by atoms with van der Waals surface area (Å²) in [5, 5.41) is 10.9. The summed E-state index contributed by atoms with van der Waals surface area (Å²) in [6.07, 6.45) is 3.05. The monoisotopic (exact) mass is 283 g/mol. The van der Waals surface area contributed by atoms with Crippen molar-refractivity contribution in [3.05, 3.63) is 34.6 Å². The Labute approximate surface area is 117 Å². The standard InChI is InChI=1S/C15H19ClFNO/c16-14-6-11(17)1-2-12(14)13(7-18)15(19)10-4-8-3-9(8)5-10/h1-2,6,8-10,13,15,19H,3-5,7,18H2. The molecule has 2 aliphatic carbocycles. The lowest BCUT2D eigenvalue weighted by atomic mass is 9.83. The normalized spacial score (nSPS) is 31.9. The predicted octanol–water partition coefficient (Wildman–Crippen LogP) is 2.93. The molecule has 4 atom stereocenters. The predicted molar refractivity (Wildman–Crippen MR) is 73.5 cm³/mol. The highest BCUT2D eigenvalue weighted by molar-refractivity contribution is 6.31. The maximum Gasteiger partial charge on any atom is 0.124 e. The van der Waals surface area contributed by atoms with Crippen molar-refractivity contribution >= 4 is 11.6 Å². The van der Waals surface area contributed by atoms with Crippen LogP contribution in [0.3, 0.4) is 0 Å². The molecule has 4 unspecified atom stereocenters. The van der Waals surface area contributed by atoms with Gasteiger partial charge >= 0.3 is 0 Å². The first-order chi connectivity index (χ1) is 9.10. The van der Waals surface area contributed by atoms with Crippen molar-refractivity contribution in [1.82, 2.24) is 0 Å². The zero-order chi connectivity index (χ0) is 13.6. The second-order valence-electron chi connectivity index (χ2n) is 5.99. The van der Waals surface area contributed by atoms with Crippen LogP contribution in [0.15, 0.2) is 18.2 Å². The summed E-state index contributed by atoms with van der Waals surface area (Å²) >= 11 is 6.08. The van der Waals surface area contributed by atoms with Gasteiger partial charge in [-0.2, -0.15) is 0 Å². The van der Waals surface area contributed by atoms with E-state index in [1.54, 1.807) is 6.07 Å². The molecular formula is C15H19ClFNO. The van der Waals surface area contributed by atoms with E-state index in [9.17, 15) is 9.50 Å². The van der Waals surface area contributed by atoms with Crippen LogP contribution in [0.1, 0.15) is 30.7 Å². The van der Waals surface area contributed by atoms with Crippen LogP contribution in [0, 0.1) is 23.6 Å². The van der Waals surface area contributed by atoms with Gasteiger partial charge in [-0.1, -0.05) is 17.7 Å². The highest BCUT2D eigenvalue weighted by atomic mass is 35.5. The Morgan fingerprint density at radius 2 is 2.00 bits per heavy atom. The minimum atomic E-state index is -0.472. The van der Waals surface area contributed by atoms with Gasteiger partial charge in [0.15, 0.2) is 0 Å². The van der Waals surface area contributed by atoms with Crippen LogP contribution in [0.5, 0.6) is 0 Å². The molecule has 19 heavy (non-hydrogen) atoms. The summed E-state index contributed by atoms with van der Waals surface area (Å²) in [5.41, 5.74) is 6.58. The summed E-state index contributed by atoms with van der Waals surface area (Å²) < 4.78 is 13.1. The molecule has 0 saturated heterocycles. The summed E-state index contributed by atoms with van der Waals surface area (Å²) in [6, 6.07) is 4.31. The van der Waals surface area contributed by atoms with Gasteiger partial charge in [0.25, 0.3) is 0 Å². The van der Waals surface area contributed by atoms with E-state index in [0.717, 1.165) is 30.2 Å². The van der Waals surface area contributed by atoms with Gasteiger partial charge in [-0.3, -0.25) is 0 Å². The molecule has 2 aliphatic rings. The van der Waals surface area contributed by atoms with Crippen LogP contribution in [-0.2, 0) is 0 Å². The first-order valence-corrected chi connectivity index (χ1v) is 7.31. The summed E-state index contributed by atoms with van der Waals surface area (Å²) in [4.78, 5) is 0. The summed E-state index contributed by atoms with van der Waals surface area (Å²) in [6.45, 7) is 0.332. The van der Waals surface area contributed by atoms with E-state index >= 15 is 0 Å². The second kappa shape index (κ2) is 5.04. The third kappa shape index (κ3) is 2.51. The lowest BCUT2D eigenvalue weighted by Crippen LogP contribution is -2.32. The number of rotatable bonds is 4. The van der Waals surface area contributed by atoms with Gasteiger partial charge in [0.2, 0.25) is 0 Å². The van der Waals surface area contributed by atoms with E-state index in [1.807, 2.05) is 0 Å². The van der Waals surface area contributed by atoms with Gasteiger partial charge < -0.3 is 10.8 Å². The number of aliphatic hydroxyl groups is 1. The van der Waals surface area contributed by atoms with Gasteiger partial charge in [0.1, 0.15) is 5.82 Å². The van der Waals surface area contributed by atoms with Crippen molar-refractivity contribution in [3.8, 4) is 0 Å². The molecule has 0 heterocycles. The Morgan fingerprint density at radius 1 is 1.32 bits per heavy atom. The first kappa shape index (κ1) is 13.3. The van der Waals surface area contributed by atoms with Crippen LogP contribution in [0.2, 0.25) is 5.02 Å². The van der Waals surface area contributed by atoms with Crippen LogP contribution in [-0.4, -0.2) is 17.8 Å². The Balaban J connectivity index is 1.79. The minimum absolute atomic E-state index is 0.199. The summed E-state index contributed by atoms with van der Waals surface area (Å²) in [5.74, 6) is 1.40. The average Bonchev–Trinajstić information content (AvgIpc) is 2.99. The molecule has 1 aromatic carbocycles. The quantitative estimate of drug-likeness (QED) is 0.892. The van der Waals surface area contributed by atoms with Crippen molar-refractivity contribution in [1.29, 1.82) is 0 Å². The molecule has 0 aromatic heterocycles. The molecule has 1 aromatic rings. The van der Waals surface area contributed by atoms with E-state index in [4.69, 9.17) is 17.3 Å². The van der Waals surface area contributed by atoms with Crippen LogP contribution in [0.4, 0.5) is 4.39 Å². The molecular weight excluding hydrogens is 265 g/mol. The van der Waals surface area contributed by atoms with Crippen molar-refractivity contribution in [2.45, 2.75) is 31.3 Å². The number of halogens is 2. The number of hydrogen-bond donors (Lipinski definition) is 2. The molecule has 3 N–H and O–H groups in total. The van der Waals surface area contributed by atoms with E-state index in [2.05, 4.69) is 0 Å². The maximum atomic E-state index is 13.1. The van der Waals surface area contributed by atoms with E-state index in [1.165, 1.54) is 18.6 Å². The van der Waals surface area contributed by atoms with Crippen molar-refractivity contribution in [2.24, 2.45) is 23.5 Å². The van der Waals surface area contributed by atoms with Gasteiger partial charge in [-0.05, 0) is 54.7 Å². The molecule has 4 heteroatoms. The fraction of sp³-hybridized carbons (Fsp3) is 0.600. The van der Waals surface area contributed by atoms with Gasteiger partial charge in [-0.15, -0.1) is 0 Å². The van der Waals surface area contributed by atoms with E-state index in [0.29, 0.717) is 17.5 Å². The molecule has 0 amide bonds. The number of aliphatic hydroxyl groups excluding tert-OH is 1. The SMILES string of the molecule is NCC(c1ccc(F)cc1Cl)C(O)C1CC2CC2C1. The fourth-order valence-corrected chi connectivity index (χ4v) is 3.93. The number of nitrogens with two attached hydrogens (primary N) is 1. The zero-order valence-corrected chi connectivity index (χ0v) is 11.5. The minimum Gasteiger partial charge on any atom is -0.392 e. The molecule has 2 nitrogen and oxygen atoms in total. The highest BCUT2D eigenvalue weighted by Gasteiger charge is 2.48.